The van der Waals surface area contributed by atoms with Crippen LogP contribution in [0.2, 0.25) is 0 Å². The molecule has 186 valence electrons. The van der Waals surface area contributed by atoms with Crippen LogP contribution in [0.3, 0.4) is 0 Å². The number of piperazine rings is 1. The number of carbonyl (C=O) groups excluding carboxylic acids is 2. The van der Waals surface area contributed by atoms with Gasteiger partial charge in [-0.05, 0) is 37.1 Å². The number of nitriles is 1. The molecule has 0 atom stereocenters. The number of likely N-dealkylation sites (tertiary alicyclic amines) is 1. The number of para-hydroxylation sites is 1. The van der Waals surface area contributed by atoms with Gasteiger partial charge in [-0.2, -0.15) is 10.2 Å². The van der Waals surface area contributed by atoms with E-state index >= 15 is 0 Å². The molecule has 2 aliphatic heterocycles. The number of hydrogen-bond acceptors (Lipinski definition) is 8. The van der Waals surface area contributed by atoms with E-state index < -0.39 is 0 Å². The van der Waals surface area contributed by atoms with E-state index in [9.17, 15) is 14.9 Å². The van der Waals surface area contributed by atoms with Gasteiger partial charge in [0.15, 0.2) is 5.76 Å². The fourth-order valence-corrected chi connectivity index (χ4v) is 4.66. The maximum absolute atomic E-state index is 12.9. The molecule has 0 radical (unpaired) electrons. The first kappa shape index (κ1) is 23.6. The monoisotopic (exact) mass is 488 g/mol. The molecule has 0 saturated carbocycles. The minimum Gasteiger partial charge on any atom is -0.459 e. The summed E-state index contributed by atoms with van der Waals surface area (Å²) >= 11 is 0. The number of piperidine rings is 1. The molecule has 3 aromatic rings. The lowest BCUT2D eigenvalue weighted by Gasteiger charge is -2.36. The van der Waals surface area contributed by atoms with Crippen LogP contribution >= 0.6 is 0 Å². The molecule has 0 aliphatic carbocycles. The van der Waals surface area contributed by atoms with E-state index in [0.29, 0.717) is 70.3 Å². The summed E-state index contributed by atoms with van der Waals surface area (Å²) in [7, 11) is 0. The number of amides is 2. The second kappa shape index (κ2) is 10.7. The highest BCUT2D eigenvalue weighted by molar-refractivity contribution is 5.92. The zero-order valence-corrected chi connectivity index (χ0v) is 19.9. The fraction of sp³-hybridized carbons (Fsp3) is 0.385. The zero-order valence-electron chi connectivity index (χ0n) is 19.9. The van der Waals surface area contributed by atoms with Crippen molar-refractivity contribution in [1.29, 1.82) is 5.26 Å². The van der Waals surface area contributed by atoms with E-state index in [2.05, 4.69) is 21.3 Å². The van der Waals surface area contributed by atoms with Crippen molar-refractivity contribution >= 4 is 23.4 Å². The van der Waals surface area contributed by atoms with Crippen molar-refractivity contribution in [1.82, 2.24) is 14.8 Å². The van der Waals surface area contributed by atoms with Crippen LogP contribution in [-0.2, 0) is 9.59 Å². The number of aromatic nitrogens is 1. The van der Waals surface area contributed by atoms with Gasteiger partial charge < -0.3 is 24.0 Å². The highest BCUT2D eigenvalue weighted by atomic mass is 16.4. The second-order valence-corrected chi connectivity index (χ2v) is 9.04. The highest BCUT2D eigenvalue weighted by Crippen LogP contribution is 2.29. The Kier molecular flexibility index (Phi) is 7.00. The number of nitrogens with zero attached hydrogens (tertiary/aromatic N) is 5. The van der Waals surface area contributed by atoms with E-state index in [1.807, 2.05) is 40.1 Å². The Morgan fingerprint density at radius 2 is 1.78 bits per heavy atom. The quantitative estimate of drug-likeness (QED) is 0.563. The summed E-state index contributed by atoms with van der Waals surface area (Å²) in [4.78, 5) is 35.7. The van der Waals surface area contributed by atoms with E-state index in [0.717, 1.165) is 5.69 Å². The van der Waals surface area contributed by atoms with Gasteiger partial charge >= 0.3 is 0 Å². The molecular formula is C26H28N6O4. The predicted molar refractivity (Wildman–Crippen MR) is 132 cm³/mol. The Labute approximate surface area is 209 Å². The van der Waals surface area contributed by atoms with Crippen molar-refractivity contribution in [3.8, 4) is 17.7 Å². The van der Waals surface area contributed by atoms with Crippen molar-refractivity contribution in [2.24, 2.45) is 5.92 Å². The Morgan fingerprint density at radius 3 is 2.44 bits per heavy atom. The van der Waals surface area contributed by atoms with Gasteiger partial charge in [0.2, 0.25) is 23.4 Å². The van der Waals surface area contributed by atoms with E-state index in [4.69, 9.17) is 8.83 Å². The van der Waals surface area contributed by atoms with Crippen molar-refractivity contribution in [2.45, 2.75) is 12.8 Å². The third-order valence-electron chi connectivity index (χ3n) is 6.73. The lowest BCUT2D eigenvalue weighted by Crippen LogP contribution is -2.51. The number of oxazole rings is 1. The summed E-state index contributed by atoms with van der Waals surface area (Å²) in [5.41, 5.74) is 1.02. The largest absolute Gasteiger partial charge is 0.459 e. The van der Waals surface area contributed by atoms with Gasteiger partial charge in [-0.25, -0.2) is 0 Å². The molecule has 1 N–H and O–H groups in total. The molecule has 1 aromatic carbocycles. The Bertz CT molecular complexity index is 1220. The van der Waals surface area contributed by atoms with Crippen LogP contribution in [0.15, 0.2) is 57.6 Å². The molecule has 2 aliphatic rings. The lowest BCUT2D eigenvalue weighted by atomic mass is 9.95. The minimum atomic E-state index is -0.0832. The van der Waals surface area contributed by atoms with Crippen molar-refractivity contribution < 1.29 is 18.4 Å². The Morgan fingerprint density at radius 1 is 1.03 bits per heavy atom. The summed E-state index contributed by atoms with van der Waals surface area (Å²) in [6, 6.07) is 15.0. The third-order valence-corrected chi connectivity index (χ3v) is 6.73. The molecule has 0 spiro atoms. The van der Waals surface area contributed by atoms with E-state index in [-0.39, 0.29) is 29.3 Å². The van der Waals surface area contributed by atoms with Crippen molar-refractivity contribution in [3.05, 3.63) is 54.4 Å². The zero-order chi connectivity index (χ0) is 24.9. The number of rotatable bonds is 6. The number of furan rings is 1. The average Bonchev–Trinajstić information content (AvgIpc) is 3.60. The van der Waals surface area contributed by atoms with Gasteiger partial charge in [0.25, 0.3) is 5.89 Å². The first-order chi connectivity index (χ1) is 17.6. The first-order valence-electron chi connectivity index (χ1n) is 12.2. The van der Waals surface area contributed by atoms with Crippen LogP contribution in [0.1, 0.15) is 18.5 Å². The molecule has 2 saturated heterocycles. The Balaban J connectivity index is 1.08. The number of carbonyl (C=O) groups is 2. The normalized spacial score (nSPS) is 17.1. The summed E-state index contributed by atoms with van der Waals surface area (Å²) in [6.45, 7) is 4.10. The molecule has 2 fully saturated rings. The molecule has 2 aromatic heterocycles. The van der Waals surface area contributed by atoms with Crippen molar-refractivity contribution in [2.75, 3.05) is 56.0 Å². The fourth-order valence-electron chi connectivity index (χ4n) is 4.66. The predicted octanol–water partition coefficient (Wildman–Crippen LogP) is 2.81. The number of anilines is 2. The second-order valence-electron chi connectivity index (χ2n) is 9.04. The molecule has 2 amide bonds. The minimum absolute atomic E-state index is 0.0174. The van der Waals surface area contributed by atoms with Crippen molar-refractivity contribution in [3.63, 3.8) is 0 Å². The SMILES string of the molecule is N#Cc1nc(-c2ccco2)oc1N1CCN(CC(=O)N2CCC(C(=O)Nc3ccccc3)CC2)CC1. The van der Waals surface area contributed by atoms with Gasteiger partial charge in [0.05, 0.1) is 12.8 Å². The maximum atomic E-state index is 12.9. The smallest absolute Gasteiger partial charge is 0.266 e. The summed E-state index contributed by atoms with van der Waals surface area (Å²) in [5.74, 6) is 1.21. The molecule has 0 bridgehead atoms. The van der Waals surface area contributed by atoms with Crippen LogP contribution in [0, 0.1) is 17.2 Å². The molecule has 36 heavy (non-hydrogen) atoms. The number of hydrogen-bond donors (Lipinski definition) is 1. The van der Waals surface area contributed by atoms with Crippen LogP contribution in [-0.4, -0.2) is 72.4 Å². The molecule has 0 unspecified atom stereocenters. The van der Waals surface area contributed by atoms with Gasteiger partial charge in [0.1, 0.15) is 6.07 Å². The first-order valence-corrected chi connectivity index (χ1v) is 12.2. The van der Waals surface area contributed by atoms with Gasteiger partial charge in [-0.3, -0.25) is 14.5 Å². The maximum Gasteiger partial charge on any atom is 0.266 e. The number of nitrogens with one attached hydrogen (secondary N) is 1. The molecule has 10 heteroatoms. The summed E-state index contributed by atoms with van der Waals surface area (Å²) in [6.07, 6.45) is 2.86. The van der Waals surface area contributed by atoms with Crippen LogP contribution in [0.25, 0.3) is 11.7 Å². The summed E-state index contributed by atoms with van der Waals surface area (Å²) in [5, 5.41) is 12.5. The Hall–Kier alpha value is -4.10. The highest BCUT2D eigenvalue weighted by Gasteiger charge is 2.30. The lowest BCUT2D eigenvalue weighted by molar-refractivity contribution is -0.135. The van der Waals surface area contributed by atoms with Crippen LogP contribution < -0.4 is 10.2 Å². The summed E-state index contributed by atoms with van der Waals surface area (Å²) < 4.78 is 11.2. The third kappa shape index (κ3) is 5.26. The van der Waals surface area contributed by atoms with Crippen LogP contribution in [0.5, 0.6) is 0 Å². The average molecular weight is 489 g/mol. The van der Waals surface area contributed by atoms with Gasteiger partial charge in [-0.15, -0.1) is 0 Å². The standard InChI is InChI=1S/C26H28N6O4/c27-17-21-26(36-25(29-21)22-7-4-16-35-22)32-14-12-30(13-15-32)18-23(33)31-10-8-19(9-11-31)24(34)28-20-5-2-1-3-6-20/h1-7,16,19H,8-15,18H2,(H,28,34). The molecular weight excluding hydrogens is 460 g/mol. The number of benzene rings is 1. The van der Waals surface area contributed by atoms with E-state index in [1.165, 1.54) is 6.26 Å². The van der Waals surface area contributed by atoms with Gasteiger partial charge in [0, 0.05) is 50.9 Å². The molecule has 10 nitrogen and oxygen atoms in total. The van der Waals surface area contributed by atoms with E-state index in [1.54, 1.807) is 12.1 Å². The van der Waals surface area contributed by atoms with Gasteiger partial charge in [-0.1, -0.05) is 18.2 Å². The topological polar surface area (TPSA) is 119 Å². The molecule has 4 heterocycles. The van der Waals surface area contributed by atoms with Crippen LogP contribution in [0.4, 0.5) is 11.6 Å². The molecule has 5 rings (SSSR count).